The van der Waals surface area contributed by atoms with E-state index in [1.807, 2.05) is 6.07 Å². The lowest BCUT2D eigenvalue weighted by atomic mass is 10.2. The molecule has 0 aliphatic rings. The lowest BCUT2D eigenvalue weighted by Gasteiger charge is -2.11. The van der Waals surface area contributed by atoms with Gasteiger partial charge in [-0.2, -0.15) is 0 Å². The number of nitrogens with zero attached hydrogens (tertiary/aromatic N) is 2. The van der Waals surface area contributed by atoms with Gasteiger partial charge in [0.2, 0.25) is 0 Å². The summed E-state index contributed by atoms with van der Waals surface area (Å²) in [5.74, 6) is -0.395. The summed E-state index contributed by atoms with van der Waals surface area (Å²) >= 11 is 0. The Labute approximate surface area is 145 Å². The van der Waals surface area contributed by atoms with Crippen LogP contribution >= 0.6 is 0 Å². The predicted octanol–water partition coefficient (Wildman–Crippen LogP) is 3.63. The molecule has 0 aliphatic carbocycles. The van der Waals surface area contributed by atoms with Gasteiger partial charge >= 0.3 is 0 Å². The summed E-state index contributed by atoms with van der Waals surface area (Å²) in [7, 11) is -3.95. The van der Waals surface area contributed by atoms with Crippen molar-refractivity contribution in [2.45, 2.75) is 18.7 Å². The average molecular weight is 360 g/mol. The zero-order valence-electron chi connectivity index (χ0n) is 13.8. The molecule has 130 valence electrons. The summed E-state index contributed by atoms with van der Waals surface area (Å²) < 4.78 is 46.1. The first-order valence-electron chi connectivity index (χ1n) is 7.73. The Balaban J connectivity index is 2.15. The zero-order valence-corrected chi connectivity index (χ0v) is 14.6. The number of rotatable bonds is 5. The van der Waals surface area contributed by atoms with Crippen molar-refractivity contribution in [1.29, 1.82) is 0 Å². The zero-order chi connectivity index (χ0) is 18.0. The van der Waals surface area contributed by atoms with Crippen molar-refractivity contribution in [1.82, 2.24) is 8.96 Å². The van der Waals surface area contributed by atoms with Crippen molar-refractivity contribution >= 4 is 10.0 Å². The van der Waals surface area contributed by atoms with Gasteiger partial charge in [0.05, 0.1) is 17.2 Å². The van der Waals surface area contributed by atoms with Crippen molar-refractivity contribution in [3.63, 3.8) is 0 Å². The molecule has 0 spiro atoms. The van der Waals surface area contributed by atoms with Crippen LogP contribution < -0.4 is 4.74 Å². The second-order valence-corrected chi connectivity index (χ2v) is 7.21. The van der Waals surface area contributed by atoms with E-state index in [1.54, 1.807) is 38.1 Å². The molecule has 5 nitrogen and oxygen atoms in total. The highest BCUT2D eigenvalue weighted by atomic mass is 32.2. The van der Waals surface area contributed by atoms with Crippen molar-refractivity contribution in [2.24, 2.45) is 0 Å². The second-order valence-electron chi connectivity index (χ2n) is 5.40. The largest absolute Gasteiger partial charge is 0.491 e. The Kier molecular flexibility index (Phi) is 4.59. The van der Waals surface area contributed by atoms with Crippen LogP contribution in [0.2, 0.25) is 0 Å². The molecule has 0 saturated heterocycles. The maximum Gasteiger partial charge on any atom is 0.269 e. The maximum atomic E-state index is 13.8. The van der Waals surface area contributed by atoms with Crippen LogP contribution in [-0.4, -0.2) is 24.0 Å². The number of benzene rings is 2. The van der Waals surface area contributed by atoms with Gasteiger partial charge in [0.15, 0.2) is 17.4 Å². The summed E-state index contributed by atoms with van der Waals surface area (Å²) in [6.07, 6.45) is 1.45. The highest BCUT2D eigenvalue weighted by Gasteiger charge is 2.23. The molecule has 25 heavy (non-hydrogen) atoms. The third-order valence-corrected chi connectivity index (χ3v) is 5.23. The van der Waals surface area contributed by atoms with Crippen molar-refractivity contribution in [3.05, 3.63) is 66.2 Å². The number of halogens is 1. The Morgan fingerprint density at radius 1 is 1.16 bits per heavy atom. The van der Waals surface area contributed by atoms with Crippen LogP contribution in [0.15, 0.2) is 59.6 Å². The van der Waals surface area contributed by atoms with E-state index in [-0.39, 0.29) is 17.3 Å². The molecule has 2 aromatic carbocycles. The standard InChI is InChI=1S/C18H17FN2O3S/c1-3-24-17-11-15(9-10-16(17)19)25(22,23)21-12-13(2)20-18(21)14-7-5-4-6-8-14/h4-12H,3H2,1-2H3. The molecule has 0 atom stereocenters. The van der Waals surface area contributed by atoms with Crippen LogP contribution in [0.4, 0.5) is 4.39 Å². The molecule has 1 heterocycles. The molecule has 3 rings (SSSR count). The average Bonchev–Trinajstić information content (AvgIpc) is 3.00. The van der Waals surface area contributed by atoms with Gasteiger partial charge in [0.1, 0.15) is 0 Å². The first-order valence-corrected chi connectivity index (χ1v) is 9.17. The van der Waals surface area contributed by atoms with E-state index in [4.69, 9.17) is 4.74 Å². The van der Waals surface area contributed by atoms with E-state index < -0.39 is 15.8 Å². The van der Waals surface area contributed by atoms with E-state index in [9.17, 15) is 12.8 Å². The van der Waals surface area contributed by atoms with E-state index >= 15 is 0 Å². The van der Waals surface area contributed by atoms with Gasteiger partial charge in [0.25, 0.3) is 10.0 Å². The fourth-order valence-electron chi connectivity index (χ4n) is 2.46. The molecule has 0 amide bonds. The maximum absolute atomic E-state index is 13.8. The van der Waals surface area contributed by atoms with Gasteiger partial charge in [-0.25, -0.2) is 21.8 Å². The minimum absolute atomic E-state index is 0.0630. The van der Waals surface area contributed by atoms with Crippen LogP contribution in [0.1, 0.15) is 12.6 Å². The van der Waals surface area contributed by atoms with Crippen LogP contribution in [0.25, 0.3) is 11.4 Å². The number of hydrogen-bond donors (Lipinski definition) is 0. The minimum Gasteiger partial charge on any atom is -0.491 e. The van der Waals surface area contributed by atoms with Crippen LogP contribution in [0.5, 0.6) is 5.75 Å². The molecule has 0 radical (unpaired) electrons. The molecular weight excluding hydrogens is 343 g/mol. The fraction of sp³-hybridized carbons (Fsp3) is 0.167. The molecule has 0 fully saturated rings. The Hall–Kier alpha value is -2.67. The third-order valence-electron chi connectivity index (χ3n) is 3.59. The number of ether oxygens (including phenoxy) is 1. The summed E-state index contributed by atoms with van der Waals surface area (Å²) in [5.41, 5.74) is 1.24. The molecule has 0 unspecified atom stereocenters. The third kappa shape index (κ3) is 3.28. The van der Waals surface area contributed by atoms with Gasteiger partial charge in [0, 0.05) is 17.8 Å². The molecule has 1 aromatic heterocycles. The Morgan fingerprint density at radius 2 is 1.88 bits per heavy atom. The van der Waals surface area contributed by atoms with Gasteiger partial charge < -0.3 is 4.74 Å². The van der Waals surface area contributed by atoms with Gasteiger partial charge in [-0.1, -0.05) is 30.3 Å². The van der Waals surface area contributed by atoms with Gasteiger partial charge in [-0.15, -0.1) is 0 Å². The van der Waals surface area contributed by atoms with E-state index in [0.29, 0.717) is 17.1 Å². The molecule has 0 bridgehead atoms. The van der Waals surface area contributed by atoms with E-state index in [2.05, 4.69) is 4.98 Å². The minimum atomic E-state index is -3.95. The summed E-state index contributed by atoms with van der Waals surface area (Å²) in [6.45, 7) is 3.65. The summed E-state index contributed by atoms with van der Waals surface area (Å²) in [4.78, 5) is 4.26. The highest BCUT2D eigenvalue weighted by Crippen LogP contribution is 2.27. The summed E-state index contributed by atoms with van der Waals surface area (Å²) in [6, 6.07) is 12.5. The Morgan fingerprint density at radius 3 is 2.56 bits per heavy atom. The van der Waals surface area contributed by atoms with E-state index in [0.717, 1.165) is 10.0 Å². The molecule has 3 aromatic rings. The molecule has 7 heteroatoms. The highest BCUT2D eigenvalue weighted by molar-refractivity contribution is 7.90. The molecule has 0 N–H and O–H groups in total. The van der Waals surface area contributed by atoms with Crippen molar-refractivity contribution in [2.75, 3.05) is 6.61 Å². The van der Waals surface area contributed by atoms with Crippen LogP contribution in [-0.2, 0) is 10.0 Å². The second kappa shape index (κ2) is 6.68. The summed E-state index contributed by atoms with van der Waals surface area (Å²) in [5, 5.41) is 0. The van der Waals surface area contributed by atoms with Gasteiger partial charge in [-0.05, 0) is 26.0 Å². The molecular formula is C18H17FN2O3S. The smallest absolute Gasteiger partial charge is 0.269 e. The molecule has 0 aliphatic heterocycles. The first kappa shape index (κ1) is 17.2. The number of imidazole rings is 1. The first-order chi connectivity index (χ1) is 11.9. The SMILES string of the molecule is CCOc1cc(S(=O)(=O)n2cc(C)nc2-c2ccccc2)ccc1F. The van der Waals surface area contributed by atoms with Crippen LogP contribution in [0, 0.1) is 12.7 Å². The number of hydrogen-bond acceptors (Lipinski definition) is 4. The number of aryl methyl sites for hydroxylation is 1. The Bertz CT molecular complexity index is 998. The van der Waals surface area contributed by atoms with Crippen molar-refractivity contribution < 1.29 is 17.5 Å². The van der Waals surface area contributed by atoms with Crippen molar-refractivity contribution in [3.8, 4) is 17.1 Å². The fourth-order valence-corrected chi connectivity index (χ4v) is 3.85. The van der Waals surface area contributed by atoms with Crippen LogP contribution in [0.3, 0.4) is 0 Å². The lowest BCUT2D eigenvalue weighted by molar-refractivity contribution is 0.320. The normalized spacial score (nSPS) is 11.5. The van der Waals surface area contributed by atoms with E-state index in [1.165, 1.54) is 18.3 Å². The topological polar surface area (TPSA) is 61.2 Å². The molecule has 0 saturated carbocycles. The monoisotopic (exact) mass is 360 g/mol. The van der Waals surface area contributed by atoms with Gasteiger partial charge in [-0.3, -0.25) is 0 Å². The lowest BCUT2D eigenvalue weighted by Crippen LogP contribution is -2.14. The number of aromatic nitrogens is 2. The quantitative estimate of drug-likeness (QED) is 0.697. The predicted molar refractivity (Wildman–Crippen MR) is 92.6 cm³/mol.